The molecular formula is C39H50Cl2O4. The molecule has 8 aliphatic carbocycles. The van der Waals surface area contributed by atoms with Gasteiger partial charge in [0.25, 0.3) is 5.79 Å². The molecular weight excluding hydrogens is 603 g/mol. The molecule has 1 heterocycles. The molecule has 11 rings (SSSR count). The largest absolute Gasteiger partial charge is 0.496 e. The third-order valence-corrected chi connectivity index (χ3v) is 12.6. The highest BCUT2D eigenvalue weighted by atomic mass is 35.5. The first-order valence-corrected chi connectivity index (χ1v) is 18.4. The first-order chi connectivity index (χ1) is 21.8. The van der Waals surface area contributed by atoms with Crippen LogP contribution in [0.4, 0.5) is 0 Å². The van der Waals surface area contributed by atoms with Gasteiger partial charge in [-0.05, 0) is 137 Å². The fourth-order valence-corrected chi connectivity index (χ4v) is 11.5. The van der Waals surface area contributed by atoms with Gasteiger partial charge in [0, 0.05) is 18.2 Å². The highest BCUT2D eigenvalue weighted by molar-refractivity contribution is 6.40. The van der Waals surface area contributed by atoms with Gasteiger partial charge in [0.1, 0.15) is 5.76 Å². The smallest absolute Gasteiger partial charge is 0.260 e. The zero-order valence-corrected chi connectivity index (χ0v) is 28.9. The summed E-state index contributed by atoms with van der Waals surface area (Å²) in [4.78, 5) is 11.7. The van der Waals surface area contributed by atoms with Gasteiger partial charge in [-0.3, -0.25) is 0 Å². The van der Waals surface area contributed by atoms with Crippen LogP contribution in [0.3, 0.4) is 0 Å². The lowest BCUT2D eigenvalue weighted by Gasteiger charge is -2.68. The van der Waals surface area contributed by atoms with Gasteiger partial charge < -0.3 is 9.47 Å². The molecule has 8 saturated carbocycles. The molecule has 2 aromatic rings. The number of benzene rings is 2. The van der Waals surface area contributed by atoms with Gasteiger partial charge in [-0.25, -0.2) is 4.89 Å². The molecule has 1 unspecified atom stereocenters. The Hall–Kier alpha value is -1.56. The Bertz CT molecular complexity index is 1340. The lowest BCUT2D eigenvalue weighted by Crippen LogP contribution is -2.76. The molecule has 2 aromatic carbocycles. The van der Waals surface area contributed by atoms with Crippen molar-refractivity contribution in [3.8, 4) is 0 Å². The van der Waals surface area contributed by atoms with Crippen LogP contribution >= 0.6 is 23.2 Å². The van der Waals surface area contributed by atoms with Gasteiger partial charge >= 0.3 is 0 Å². The van der Waals surface area contributed by atoms with Crippen LogP contribution in [0, 0.1) is 61.2 Å². The summed E-state index contributed by atoms with van der Waals surface area (Å²) in [7, 11) is 3.63. The average Bonchev–Trinajstić information content (AvgIpc) is 2.99. The van der Waals surface area contributed by atoms with Crippen LogP contribution in [0.15, 0.2) is 54.1 Å². The van der Waals surface area contributed by atoms with E-state index in [1.54, 1.807) is 12.7 Å². The van der Waals surface area contributed by atoms with Crippen molar-refractivity contribution in [3.63, 3.8) is 0 Å². The Balaban J connectivity index is 0.000000134. The SMILES string of the molecule is COC(=C1C2CC3CC(C2)CC1C3)c1cccc(C)c1.COC1(c2cccc(C)c2)OOC12C1CC3CC(C1)CC2C3.ClCCl. The monoisotopic (exact) mass is 652 g/mol. The third kappa shape index (κ3) is 5.39. The molecule has 1 spiro atoms. The first-order valence-electron chi connectivity index (χ1n) is 17.3. The highest BCUT2D eigenvalue weighted by Crippen LogP contribution is 2.69. The Labute approximate surface area is 280 Å². The first kappa shape index (κ1) is 32.0. The van der Waals surface area contributed by atoms with E-state index in [1.807, 2.05) is 7.11 Å². The summed E-state index contributed by atoms with van der Waals surface area (Å²) in [5, 5.41) is 0.194. The number of hydrogen-bond donors (Lipinski definition) is 0. The topological polar surface area (TPSA) is 36.9 Å². The molecule has 0 amide bonds. The van der Waals surface area contributed by atoms with Crippen molar-refractivity contribution in [1.29, 1.82) is 0 Å². The summed E-state index contributed by atoms with van der Waals surface area (Å²) < 4.78 is 11.9. The Morgan fingerprint density at radius 2 is 1.22 bits per heavy atom. The number of allylic oxidation sites excluding steroid dienone is 1. The Morgan fingerprint density at radius 3 is 1.67 bits per heavy atom. The fraction of sp³-hybridized carbons (Fsp3) is 0.641. The number of methoxy groups -OCH3 is 2. The van der Waals surface area contributed by atoms with Gasteiger partial charge in [0.05, 0.1) is 12.4 Å². The minimum absolute atomic E-state index is 0.194. The quantitative estimate of drug-likeness (QED) is 0.187. The van der Waals surface area contributed by atoms with Crippen molar-refractivity contribution in [2.75, 3.05) is 19.6 Å². The van der Waals surface area contributed by atoms with E-state index in [-0.39, 0.29) is 10.9 Å². The van der Waals surface area contributed by atoms with E-state index >= 15 is 0 Å². The maximum Gasteiger partial charge on any atom is 0.260 e. The van der Waals surface area contributed by atoms with Crippen molar-refractivity contribution in [3.05, 3.63) is 76.4 Å². The molecule has 0 N–H and O–H groups in total. The summed E-state index contributed by atoms with van der Waals surface area (Å²) in [5.41, 5.74) is 6.36. The van der Waals surface area contributed by atoms with Crippen molar-refractivity contribution in [2.24, 2.45) is 47.3 Å². The number of aryl methyl sites for hydroxylation is 2. The standard InChI is InChI=1S/C19H24O3.C19H24O.CH2Cl2/c1-12-4-3-5-15(6-12)19(20-2)18(21-22-19)16-8-13-7-14(10-16)11-17(18)9-13;1-12-4-3-5-15(6-12)19(20-2)18-16-8-13-7-14(10-16)11-17(18)9-13;2-1-3/h3-6,13-14,16-17H,7-11H2,1-2H3;3-6,13-14,16-17H,7-11H2,1-2H3;1H2. The summed E-state index contributed by atoms with van der Waals surface area (Å²) >= 11 is 9.53. The highest BCUT2D eigenvalue weighted by Gasteiger charge is 2.76. The average molecular weight is 654 g/mol. The molecule has 1 saturated heterocycles. The minimum atomic E-state index is -0.707. The van der Waals surface area contributed by atoms with Gasteiger partial charge in [0.15, 0.2) is 5.60 Å². The molecule has 1 atom stereocenters. The van der Waals surface area contributed by atoms with E-state index in [4.69, 9.17) is 42.5 Å². The normalized spacial score (nSPS) is 39.5. The minimum Gasteiger partial charge on any atom is -0.496 e. The Kier molecular flexibility index (Phi) is 9.11. The molecule has 1 aliphatic heterocycles. The molecule has 0 aromatic heterocycles. The van der Waals surface area contributed by atoms with Gasteiger partial charge in [-0.2, -0.15) is 4.89 Å². The maximum atomic E-state index is 6.05. The second-order valence-corrected chi connectivity index (χ2v) is 16.0. The van der Waals surface area contributed by atoms with Crippen molar-refractivity contribution >= 4 is 29.0 Å². The van der Waals surface area contributed by atoms with E-state index in [0.717, 1.165) is 41.1 Å². The summed E-state index contributed by atoms with van der Waals surface area (Å²) in [6.45, 7) is 4.29. The lowest BCUT2D eigenvalue weighted by molar-refractivity contribution is -0.645. The van der Waals surface area contributed by atoms with Crippen LogP contribution in [0.5, 0.6) is 0 Å². The van der Waals surface area contributed by atoms with E-state index in [9.17, 15) is 0 Å². The van der Waals surface area contributed by atoms with E-state index < -0.39 is 5.79 Å². The fourth-order valence-electron chi connectivity index (χ4n) is 11.5. The number of alkyl halides is 2. The van der Waals surface area contributed by atoms with Crippen molar-refractivity contribution in [1.82, 2.24) is 0 Å². The lowest BCUT2D eigenvalue weighted by atomic mass is 9.47. The number of halogens is 2. The third-order valence-electron chi connectivity index (χ3n) is 12.6. The second-order valence-electron chi connectivity index (χ2n) is 15.2. The van der Waals surface area contributed by atoms with Crippen molar-refractivity contribution < 1.29 is 19.2 Å². The van der Waals surface area contributed by atoms with E-state index in [1.165, 1.54) is 86.7 Å². The zero-order chi connectivity index (χ0) is 31.3. The molecule has 244 valence electrons. The number of hydrogen-bond acceptors (Lipinski definition) is 4. The molecule has 9 fully saturated rings. The van der Waals surface area contributed by atoms with Crippen LogP contribution in [0.25, 0.3) is 5.76 Å². The molecule has 6 heteroatoms. The van der Waals surface area contributed by atoms with Crippen molar-refractivity contribution in [2.45, 2.75) is 89.4 Å². The van der Waals surface area contributed by atoms with Gasteiger partial charge in [0.2, 0.25) is 0 Å². The van der Waals surface area contributed by atoms with Crippen LogP contribution in [0.2, 0.25) is 0 Å². The second kappa shape index (κ2) is 12.8. The zero-order valence-electron chi connectivity index (χ0n) is 27.4. The van der Waals surface area contributed by atoms with Gasteiger partial charge in [-0.1, -0.05) is 53.6 Å². The molecule has 8 bridgehead atoms. The number of ether oxygens (including phenoxy) is 2. The molecule has 9 aliphatic rings. The Morgan fingerprint density at radius 1 is 0.711 bits per heavy atom. The van der Waals surface area contributed by atoms with Crippen LogP contribution < -0.4 is 0 Å². The predicted molar refractivity (Wildman–Crippen MR) is 181 cm³/mol. The molecule has 0 radical (unpaired) electrons. The molecule has 45 heavy (non-hydrogen) atoms. The van der Waals surface area contributed by atoms with Crippen LogP contribution in [-0.4, -0.2) is 25.2 Å². The predicted octanol–water partition coefficient (Wildman–Crippen LogP) is 10.2. The molecule has 4 nitrogen and oxygen atoms in total. The van der Waals surface area contributed by atoms with Crippen LogP contribution in [-0.2, 0) is 25.0 Å². The summed E-state index contributed by atoms with van der Waals surface area (Å²) in [6, 6.07) is 17.3. The maximum absolute atomic E-state index is 6.05. The van der Waals surface area contributed by atoms with Crippen LogP contribution in [0.1, 0.15) is 86.5 Å². The van der Waals surface area contributed by atoms with E-state index in [2.05, 4.69) is 62.4 Å². The summed E-state index contributed by atoms with van der Waals surface area (Å²) in [6.07, 6.45) is 13.8. The summed E-state index contributed by atoms with van der Waals surface area (Å²) in [5.74, 6) is 7.10. The van der Waals surface area contributed by atoms with E-state index in [0.29, 0.717) is 11.8 Å². The van der Waals surface area contributed by atoms with Gasteiger partial charge in [-0.15, -0.1) is 23.2 Å². The number of rotatable bonds is 4.